The van der Waals surface area contributed by atoms with Crippen LogP contribution in [0.15, 0.2) is 52.6 Å². The first kappa shape index (κ1) is 14.8. The van der Waals surface area contributed by atoms with Crippen LogP contribution in [0.1, 0.15) is 5.56 Å². The topological polar surface area (TPSA) is 48.0 Å². The van der Waals surface area contributed by atoms with Crippen LogP contribution in [0.5, 0.6) is 0 Å². The van der Waals surface area contributed by atoms with Crippen molar-refractivity contribution >= 4 is 28.6 Å². The Labute approximate surface area is 135 Å². The van der Waals surface area contributed by atoms with Gasteiger partial charge < -0.3 is 5.73 Å². The summed E-state index contributed by atoms with van der Waals surface area (Å²) in [6, 6.07) is 11.7. The van der Waals surface area contributed by atoms with E-state index < -0.39 is 5.82 Å². The predicted molar refractivity (Wildman–Crippen MR) is 88.9 cm³/mol. The number of anilines is 1. The molecule has 3 nitrogen and oxygen atoms in total. The molecule has 22 heavy (non-hydrogen) atoms. The van der Waals surface area contributed by atoms with Gasteiger partial charge in [-0.05, 0) is 24.3 Å². The molecule has 0 saturated heterocycles. The summed E-state index contributed by atoms with van der Waals surface area (Å²) >= 11 is 7.11. The van der Waals surface area contributed by atoms with Gasteiger partial charge >= 0.3 is 4.87 Å². The van der Waals surface area contributed by atoms with Crippen molar-refractivity contribution in [3.05, 3.63) is 73.9 Å². The minimum atomic E-state index is -0.427. The molecule has 0 aliphatic heterocycles. The Morgan fingerprint density at radius 1 is 1.23 bits per heavy atom. The summed E-state index contributed by atoms with van der Waals surface area (Å²) in [5, 5.41) is 2.04. The van der Waals surface area contributed by atoms with Gasteiger partial charge in [-0.3, -0.25) is 9.36 Å². The number of benzene rings is 2. The largest absolute Gasteiger partial charge is 0.399 e. The Morgan fingerprint density at radius 3 is 2.73 bits per heavy atom. The summed E-state index contributed by atoms with van der Waals surface area (Å²) in [5.41, 5.74) is 8.20. The van der Waals surface area contributed by atoms with Crippen molar-refractivity contribution < 1.29 is 4.39 Å². The highest BCUT2D eigenvalue weighted by Gasteiger charge is 2.14. The molecule has 3 rings (SSSR count). The molecule has 0 aliphatic rings. The van der Waals surface area contributed by atoms with Gasteiger partial charge in [0.2, 0.25) is 0 Å². The molecule has 0 spiro atoms. The van der Waals surface area contributed by atoms with Gasteiger partial charge in [0.1, 0.15) is 5.82 Å². The van der Waals surface area contributed by atoms with Crippen molar-refractivity contribution in [1.29, 1.82) is 0 Å². The fourth-order valence-electron chi connectivity index (χ4n) is 2.24. The first-order valence-electron chi connectivity index (χ1n) is 6.53. The van der Waals surface area contributed by atoms with E-state index >= 15 is 0 Å². The fraction of sp³-hybridized carbons (Fsp3) is 0.0625. The summed E-state index contributed by atoms with van der Waals surface area (Å²) in [4.78, 5) is 11.9. The average Bonchev–Trinajstić information content (AvgIpc) is 2.84. The number of nitrogens with two attached hydrogens (primary N) is 1. The smallest absolute Gasteiger partial charge is 0.307 e. The van der Waals surface area contributed by atoms with Crippen LogP contribution in [0.4, 0.5) is 10.1 Å². The second-order valence-electron chi connectivity index (χ2n) is 4.80. The van der Waals surface area contributed by atoms with E-state index in [0.29, 0.717) is 22.0 Å². The Balaban J connectivity index is 2.09. The van der Waals surface area contributed by atoms with E-state index in [2.05, 4.69) is 0 Å². The van der Waals surface area contributed by atoms with Crippen molar-refractivity contribution in [2.75, 3.05) is 5.73 Å². The van der Waals surface area contributed by atoms with E-state index in [4.69, 9.17) is 17.3 Å². The molecule has 3 aromatic rings. The van der Waals surface area contributed by atoms with E-state index in [1.54, 1.807) is 23.6 Å². The van der Waals surface area contributed by atoms with E-state index in [9.17, 15) is 9.18 Å². The summed E-state index contributed by atoms with van der Waals surface area (Å²) in [6.45, 7) is 0.0813. The van der Waals surface area contributed by atoms with Crippen LogP contribution in [0.2, 0.25) is 5.02 Å². The standard InChI is InChI=1S/C16H12ClFN2OS/c17-13-5-2-6-14(18)12(13)8-20-15(9-22-16(20)21)10-3-1-4-11(19)7-10/h1-7,9H,8,19H2. The molecule has 6 heteroatoms. The van der Waals surface area contributed by atoms with Crippen LogP contribution >= 0.6 is 22.9 Å². The summed E-state index contributed by atoms with van der Waals surface area (Å²) < 4.78 is 15.5. The number of nitrogen functional groups attached to an aromatic ring is 1. The lowest BCUT2D eigenvalue weighted by atomic mass is 10.1. The lowest BCUT2D eigenvalue weighted by molar-refractivity contribution is 0.599. The minimum absolute atomic E-state index is 0.0813. The fourth-order valence-corrected chi connectivity index (χ4v) is 3.23. The number of nitrogens with zero attached hydrogens (tertiary/aromatic N) is 1. The summed E-state index contributed by atoms with van der Waals surface area (Å²) in [5.74, 6) is -0.427. The first-order valence-corrected chi connectivity index (χ1v) is 7.79. The monoisotopic (exact) mass is 334 g/mol. The normalized spacial score (nSPS) is 10.8. The van der Waals surface area contributed by atoms with Gasteiger partial charge in [-0.1, -0.05) is 41.1 Å². The molecule has 0 atom stereocenters. The van der Waals surface area contributed by atoms with Crippen molar-refractivity contribution in [3.63, 3.8) is 0 Å². The maximum atomic E-state index is 14.0. The summed E-state index contributed by atoms with van der Waals surface area (Å²) in [6.07, 6.45) is 0. The van der Waals surface area contributed by atoms with E-state index in [1.165, 1.54) is 16.7 Å². The van der Waals surface area contributed by atoms with Crippen LogP contribution in [0.3, 0.4) is 0 Å². The van der Waals surface area contributed by atoms with Gasteiger partial charge in [-0.25, -0.2) is 4.39 Å². The van der Waals surface area contributed by atoms with Crippen molar-refractivity contribution in [2.24, 2.45) is 0 Å². The SMILES string of the molecule is Nc1cccc(-c2csc(=O)n2Cc2c(F)cccc2Cl)c1. The molecule has 0 aliphatic carbocycles. The molecule has 0 amide bonds. The molecule has 0 radical (unpaired) electrons. The second kappa shape index (κ2) is 5.94. The molecule has 0 unspecified atom stereocenters. The third-order valence-electron chi connectivity index (χ3n) is 3.34. The van der Waals surface area contributed by atoms with E-state index in [1.807, 2.05) is 12.1 Å². The molecule has 0 saturated carbocycles. The molecular weight excluding hydrogens is 323 g/mol. The molecule has 0 bridgehead atoms. The number of rotatable bonds is 3. The number of halogens is 2. The lowest BCUT2D eigenvalue weighted by Gasteiger charge is -2.10. The van der Waals surface area contributed by atoms with Crippen molar-refractivity contribution in [3.8, 4) is 11.3 Å². The zero-order chi connectivity index (χ0) is 15.7. The highest BCUT2D eigenvalue weighted by molar-refractivity contribution is 7.07. The number of thiazole rings is 1. The highest BCUT2D eigenvalue weighted by atomic mass is 35.5. The third kappa shape index (κ3) is 2.77. The van der Waals surface area contributed by atoms with Gasteiger partial charge in [0.15, 0.2) is 0 Å². The Bertz CT molecular complexity index is 868. The van der Waals surface area contributed by atoms with E-state index in [-0.39, 0.29) is 11.4 Å². The first-order chi connectivity index (χ1) is 10.6. The van der Waals surface area contributed by atoms with Gasteiger partial charge in [-0.15, -0.1) is 0 Å². The molecule has 2 N–H and O–H groups in total. The minimum Gasteiger partial charge on any atom is -0.399 e. The molecule has 0 fully saturated rings. The Hall–Kier alpha value is -2.11. The van der Waals surface area contributed by atoms with E-state index in [0.717, 1.165) is 16.9 Å². The maximum absolute atomic E-state index is 14.0. The molecule has 1 heterocycles. The Kier molecular flexibility index (Phi) is 4.00. The zero-order valence-electron chi connectivity index (χ0n) is 11.4. The third-order valence-corrected chi connectivity index (χ3v) is 4.46. The molecule has 112 valence electrons. The van der Waals surface area contributed by atoms with Crippen molar-refractivity contribution in [2.45, 2.75) is 6.54 Å². The van der Waals surface area contributed by atoms with Crippen LogP contribution in [-0.4, -0.2) is 4.57 Å². The lowest BCUT2D eigenvalue weighted by Crippen LogP contribution is -2.16. The number of aromatic nitrogens is 1. The van der Waals surface area contributed by atoms with Crippen molar-refractivity contribution in [1.82, 2.24) is 4.57 Å². The second-order valence-corrected chi connectivity index (χ2v) is 6.03. The highest BCUT2D eigenvalue weighted by Crippen LogP contribution is 2.25. The van der Waals surface area contributed by atoms with Gasteiger partial charge in [0, 0.05) is 27.2 Å². The zero-order valence-corrected chi connectivity index (χ0v) is 13.0. The summed E-state index contributed by atoms with van der Waals surface area (Å²) in [7, 11) is 0. The Morgan fingerprint density at radius 2 is 2.00 bits per heavy atom. The quantitative estimate of drug-likeness (QED) is 0.736. The molecule has 1 aromatic heterocycles. The van der Waals surface area contributed by atoms with Crippen LogP contribution in [0.25, 0.3) is 11.3 Å². The maximum Gasteiger partial charge on any atom is 0.307 e. The number of hydrogen-bond donors (Lipinski definition) is 1. The number of hydrogen-bond acceptors (Lipinski definition) is 3. The van der Waals surface area contributed by atoms with Crippen LogP contribution < -0.4 is 10.6 Å². The van der Waals surface area contributed by atoms with Gasteiger partial charge in [0.25, 0.3) is 0 Å². The van der Waals surface area contributed by atoms with Crippen LogP contribution in [0, 0.1) is 5.82 Å². The van der Waals surface area contributed by atoms with Crippen LogP contribution in [-0.2, 0) is 6.54 Å². The molecule has 2 aromatic carbocycles. The molecular formula is C16H12ClFN2OS. The average molecular weight is 335 g/mol. The van der Waals surface area contributed by atoms with Gasteiger partial charge in [-0.2, -0.15) is 0 Å². The predicted octanol–water partition coefficient (Wildman–Crippen LogP) is 4.00. The van der Waals surface area contributed by atoms with Gasteiger partial charge in [0.05, 0.1) is 12.2 Å².